The number of anilines is 1. The van der Waals surface area contributed by atoms with Gasteiger partial charge < -0.3 is 5.73 Å². The molecule has 2 N–H and O–H groups in total. The number of halogens is 1. The van der Waals surface area contributed by atoms with Crippen molar-refractivity contribution in [1.82, 2.24) is 9.55 Å². The van der Waals surface area contributed by atoms with E-state index in [1.54, 1.807) is 36.4 Å². The van der Waals surface area contributed by atoms with Crippen molar-refractivity contribution in [3.8, 4) is 5.69 Å². The van der Waals surface area contributed by atoms with E-state index >= 15 is 0 Å². The van der Waals surface area contributed by atoms with Crippen LogP contribution in [0.1, 0.15) is 15.9 Å². The first-order valence-corrected chi connectivity index (χ1v) is 6.82. The van der Waals surface area contributed by atoms with Crippen molar-refractivity contribution < 1.29 is 9.18 Å². The lowest BCUT2D eigenvalue weighted by atomic mass is 10.1. The van der Waals surface area contributed by atoms with Gasteiger partial charge in [-0.2, -0.15) is 0 Å². The van der Waals surface area contributed by atoms with Gasteiger partial charge in [0.15, 0.2) is 5.78 Å². The Balaban J connectivity index is 2.20. The Morgan fingerprint density at radius 2 is 1.70 bits per heavy atom. The molecular weight excluding hydrogens is 297 g/mol. The molecule has 1 heterocycles. The molecule has 0 aliphatic rings. The van der Waals surface area contributed by atoms with Crippen LogP contribution < -0.4 is 11.4 Å². The zero-order chi connectivity index (χ0) is 16.4. The lowest BCUT2D eigenvalue weighted by Crippen LogP contribution is -2.27. The van der Waals surface area contributed by atoms with Crippen molar-refractivity contribution in [2.45, 2.75) is 0 Å². The SMILES string of the molecule is Nc1c(C(=O)c2ccccc2)cnc(=O)n1-c1ccccc1F. The highest BCUT2D eigenvalue weighted by Gasteiger charge is 2.18. The normalized spacial score (nSPS) is 10.5. The van der Waals surface area contributed by atoms with Gasteiger partial charge in [0.1, 0.15) is 11.6 Å². The molecule has 1 aromatic heterocycles. The number of hydrogen-bond donors (Lipinski definition) is 1. The number of rotatable bonds is 3. The maximum Gasteiger partial charge on any atom is 0.353 e. The molecule has 0 fully saturated rings. The van der Waals surface area contributed by atoms with Gasteiger partial charge in [-0.05, 0) is 12.1 Å². The van der Waals surface area contributed by atoms with Gasteiger partial charge >= 0.3 is 5.69 Å². The van der Waals surface area contributed by atoms with Gasteiger partial charge in [0, 0.05) is 11.8 Å². The summed E-state index contributed by atoms with van der Waals surface area (Å²) < 4.78 is 14.9. The molecule has 3 aromatic rings. The summed E-state index contributed by atoms with van der Waals surface area (Å²) in [6.07, 6.45) is 1.12. The second kappa shape index (κ2) is 5.84. The summed E-state index contributed by atoms with van der Waals surface area (Å²) in [5.41, 5.74) is 5.60. The molecule has 0 amide bonds. The van der Waals surface area contributed by atoms with E-state index in [0.717, 1.165) is 10.8 Å². The van der Waals surface area contributed by atoms with Crippen LogP contribution in [0.25, 0.3) is 5.69 Å². The molecule has 0 aliphatic carbocycles. The van der Waals surface area contributed by atoms with Gasteiger partial charge in [-0.15, -0.1) is 0 Å². The number of nitrogens with two attached hydrogens (primary N) is 1. The largest absolute Gasteiger partial charge is 0.384 e. The highest BCUT2D eigenvalue weighted by molar-refractivity contribution is 6.11. The van der Waals surface area contributed by atoms with E-state index in [0.29, 0.717) is 5.56 Å². The molecule has 0 radical (unpaired) electrons. The average Bonchev–Trinajstić information content (AvgIpc) is 2.57. The predicted octanol–water partition coefficient (Wildman–Crippen LogP) is 2.18. The molecule has 6 heteroatoms. The van der Waals surface area contributed by atoms with Crippen molar-refractivity contribution in [3.63, 3.8) is 0 Å². The Bertz CT molecular complexity index is 936. The third-order valence-corrected chi connectivity index (χ3v) is 3.39. The molecule has 0 aliphatic heterocycles. The van der Waals surface area contributed by atoms with Gasteiger partial charge in [0.05, 0.1) is 11.3 Å². The molecule has 0 spiro atoms. The van der Waals surface area contributed by atoms with Crippen LogP contribution in [0.15, 0.2) is 65.6 Å². The predicted molar refractivity (Wildman–Crippen MR) is 84.1 cm³/mol. The summed E-state index contributed by atoms with van der Waals surface area (Å²) in [6.45, 7) is 0. The minimum Gasteiger partial charge on any atom is -0.384 e. The van der Waals surface area contributed by atoms with Gasteiger partial charge in [0.2, 0.25) is 0 Å². The molecule has 23 heavy (non-hydrogen) atoms. The second-order valence-corrected chi connectivity index (χ2v) is 4.82. The summed E-state index contributed by atoms with van der Waals surface area (Å²) in [5.74, 6) is -1.17. The first kappa shape index (κ1) is 14.6. The topological polar surface area (TPSA) is 78.0 Å². The number of nitrogens with zero attached hydrogens (tertiary/aromatic N) is 2. The van der Waals surface area contributed by atoms with Gasteiger partial charge in [-0.3, -0.25) is 4.79 Å². The quantitative estimate of drug-likeness (QED) is 0.752. The van der Waals surface area contributed by atoms with Crippen LogP contribution in [0.3, 0.4) is 0 Å². The molecule has 2 aromatic carbocycles. The van der Waals surface area contributed by atoms with E-state index in [-0.39, 0.29) is 22.9 Å². The fourth-order valence-electron chi connectivity index (χ4n) is 2.25. The molecule has 114 valence electrons. The van der Waals surface area contributed by atoms with E-state index < -0.39 is 11.5 Å². The number of nitrogen functional groups attached to an aromatic ring is 1. The van der Waals surface area contributed by atoms with E-state index in [1.807, 2.05) is 0 Å². The number of para-hydroxylation sites is 1. The molecule has 0 atom stereocenters. The number of carbonyl (C=O) groups is 1. The molecule has 0 bridgehead atoms. The van der Waals surface area contributed by atoms with E-state index in [2.05, 4.69) is 4.98 Å². The first-order valence-electron chi connectivity index (χ1n) is 6.82. The van der Waals surface area contributed by atoms with Crippen molar-refractivity contribution in [2.24, 2.45) is 0 Å². The Hall–Kier alpha value is -3.28. The summed E-state index contributed by atoms with van der Waals surface area (Å²) in [7, 11) is 0. The summed E-state index contributed by atoms with van der Waals surface area (Å²) >= 11 is 0. The maximum atomic E-state index is 14.0. The lowest BCUT2D eigenvalue weighted by Gasteiger charge is -2.12. The zero-order valence-electron chi connectivity index (χ0n) is 11.9. The van der Waals surface area contributed by atoms with Crippen LogP contribution in [0.2, 0.25) is 0 Å². The molecule has 5 nitrogen and oxygen atoms in total. The Morgan fingerprint density at radius 1 is 1.04 bits per heavy atom. The van der Waals surface area contributed by atoms with Gasteiger partial charge in [-0.25, -0.2) is 18.7 Å². The van der Waals surface area contributed by atoms with Crippen LogP contribution in [0.4, 0.5) is 10.2 Å². The van der Waals surface area contributed by atoms with Crippen LogP contribution in [-0.2, 0) is 0 Å². The summed E-state index contributed by atoms with van der Waals surface area (Å²) in [6, 6.07) is 14.1. The highest BCUT2D eigenvalue weighted by atomic mass is 19.1. The van der Waals surface area contributed by atoms with E-state index in [9.17, 15) is 14.0 Å². The number of benzene rings is 2. The third-order valence-electron chi connectivity index (χ3n) is 3.39. The van der Waals surface area contributed by atoms with Crippen molar-refractivity contribution >= 4 is 11.6 Å². The molecule has 3 rings (SSSR count). The van der Waals surface area contributed by atoms with Crippen molar-refractivity contribution in [1.29, 1.82) is 0 Å². The molecule has 0 saturated heterocycles. The Morgan fingerprint density at radius 3 is 2.39 bits per heavy atom. The smallest absolute Gasteiger partial charge is 0.353 e. The van der Waals surface area contributed by atoms with Crippen LogP contribution in [0.5, 0.6) is 0 Å². The summed E-state index contributed by atoms with van der Waals surface area (Å²) in [5, 5.41) is 0. The van der Waals surface area contributed by atoms with Gasteiger partial charge in [-0.1, -0.05) is 42.5 Å². The number of carbonyl (C=O) groups excluding carboxylic acids is 1. The number of hydrogen-bond acceptors (Lipinski definition) is 4. The second-order valence-electron chi connectivity index (χ2n) is 4.82. The fraction of sp³-hybridized carbons (Fsp3) is 0. The monoisotopic (exact) mass is 309 g/mol. The molecular formula is C17H12FN3O2. The van der Waals surface area contributed by atoms with E-state index in [4.69, 9.17) is 5.73 Å². The van der Waals surface area contributed by atoms with Gasteiger partial charge in [0.25, 0.3) is 0 Å². The standard InChI is InChI=1S/C17H12FN3O2/c18-13-8-4-5-9-14(13)21-16(19)12(10-20-17(21)23)15(22)11-6-2-1-3-7-11/h1-10H,19H2. The zero-order valence-corrected chi connectivity index (χ0v) is 11.9. The lowest BCUT2D eigenvalue weighted by molar-refractivity contribution is 0.103. The average molecular weight is 309 g/mol. The molecule has 0 unspecified atom stereocenters. The Kier molecular flexibility index (Phi) is 3.72. The minimum absolute atomic E-state index is 0.0408. The fourth-order valence-corrected chi connectivity index (χ4v) is 2.25. The molecule has 0 saturated carbocycles. The van der Waals surface area contributed by atoms with Crippen molar-refractivity contribution in [2.75, 3.05) is 5.73 Å². The first-order chi connectivity index (χ1) is 11.1. The van der Waals surface area contributed by atoms with Crippen LogP contribution >= 0.6 is 0 Å². The maximum absolute atomic E-state index is 14.0. The van der Waals surface area contributed by atoms with E-state index in [1.165, 1.54) is 18.2 Å². The number of ketones is 1. The summed E-state index contributed by atoms with van der Waals surface area (Å²) in [4.78, 5) is 28.2. The van der Waals surface area contributed by atoms with Crippen molar-refractivity contribution in [3.05, 3.63) is 88.2 Å². The number of aromatic nitrogens is 2. The Labute approximate surface area is 130 Å². The minimum atomic E-state index is -0.753. The van der Waals surface area contributed by atoms with Crippen LogP contribution in [0, 0.1) is 5.82 Å². The highest BCUT2D eigenvalue weighted by Crippen LogP contribution is 2.19. The third kappa shape index (κ3) is 2.62. The van der Waals surface area contributed by atoms with Crippen LogP contribution in [-0.4, -0.2) is 15.3 Å².